The first-order chi connectivity index (χ1) is 7.29. The molecule has 2 nitrogen and oxygen atoms in total. The van der Waals surface area contributed by atoms with Gasteiger partial charge in [0.2, 0.25) is 0 Å². The Labute approximate surface area is 106 Å². The molecule has 0 fully saturated rings. The number of carbonyl (C=O) groups excluding carboxylic acids is 1. The fraction of sp³-hybridized carbons (Fsp3) is 0.417. The molecule has 0 saturated carbocycles. The summed E-state index contributed by atoms with van der Waals surface area (Å²) in [6.45, 7) is 0.789. The highest BCUT2D eigenvalue weighted by Crippen LogP contribution is 2.22. The molecule has 1 aromatic carbocycles. The third-order valence-electron chi connectivity index (χ3n) is 2.24. The summed E-state index contributed by atoms with van der Waals surface area (Å²) in [4.78, 5) is 11.9. The van der Waals surface area contributed by atoms with Crippen LogP contribution in [0.15, 0.2) is 18.2 Å². The van der Waals surface area contributed by atoms with Gasteiger partial charge in [-0.2, -0.15) is 0 Å². The smallest absolute Gasteiger partial charge is 0.169 e. The van der Waals surface area contributed by atoms with E-state index in [0.717, 1.165) is 11.0 Å². The zero-order valence-corrected chi connectivity index (χ0v) is 11.3. The number of Topliss-reactive ketones (excluding diaryl/α,β-unsaturated/α-hetero) is 1. The van der Waals surface area contributed by atoms with Crippen LogP contribution in [0.1, 0.15) is 16.8 Å². The zero-order chi connectivity index (χ0) is 12.3. The van der Waals surface area contributed by atoms with Gasteiger partial charge in [0.1, 0.15) is 0 Å². The SMILES string of the molecule is C[N+](C)(C)CCC(=O)c1ccc(Cl)cc1Cl. The molecular weight excluding hydrogens is 245 g/mol. The number of nitrogens with zero attached hydrogens (tertiary/aromatic N) is 1. The number of benzene rings is 1. The van der Waals surface area contributed by atoms with Crippen LogP contribution in [0.4, 0.5) is 0 Å². The van der Waals surface area contributed by atoms with Crippen molar-refractivity contribution in [2.24, 2.45) is 0 Å². The summed E-state index contributed by atoms with van der Waals surface area (Å²) in [5.74, 6) is 0.0646. The van der Waals surface area contributed by atoms with Gasteiger partial charge >= 0.3 is 0 Å². The molecule has 0 N–H and O–H groups in total. The maximum atomic E-state index is 11.9. The lowest BCUT2D eigenvalue weighted by atomic mass is 10.1. The number of hydrogen-bond donors (Lipinski definition) is 0. The average molecular weight is 261 g/mol. The first kappa shape index (κ1) is 13.5. The highest BCUT2D eigenvalue weighted by molar-refractivity contribution is 6.36. The first-order valence-electron chi connectivity index (χ1n) is 5.08. The van der Waals surface area contributed by atoms with Crippen molar-refractivity contribution in [1.82, 2.24) is 0 Å². The Hall–Kier alpha value is -0.570. The number of carbonyl (C=O) groups is 1. The molecule has 0 bridgehead atoms. The summed E-state index contributed by atoms with van der Waals surface area (Å²) >= 11 is 11.7. The molecule has 1 aromatic rings. The molecule has 0 aromatic heterocycles. The van der Waals surface area contributed by atoms with Gasteiger partial charge in [-0.05, 0) is 18.2 Å². The number of hydrogen-bond acceptors (Lipinski definition) is 1. The quantitative estimate of drug-likeness (QED) is 0.600. The molecule has 4 heteroatoms. The topological polar surface area (TPSA) is 17.1 Å². The molecule has 0 heterocycles. The van der Waals surface area contributed by atoms with Crippen LogP contribution in [0.2, 0.25) is 10.0 Å². The molecule has 0 aliphatic carbocycles. The second kappa shape index (κ2) is 5.17. The molecular formula is C12H16Cl2NO+. The van der Waals surface area contributed by atoms with Gasteiger partial charge in [-0.1, -0.05) is 23.2 Å². The van der Waals surface area contributed by atoms with Crippen molar-refractivity contribution >= 4 is 29.0 Å². The molecule has 0 atom stereocenters. The van der Waals surface area contributed by atoms with E-state index in [1.165, 1.54) is 0 Å². The molecule has 0 saturated heterocycles. The maximum absolute atomic E-state index is 11.9. The molecule has 0 aliphatic rings. The standard InChI is InChI=1S/C12H16Cl2NO/c1-15(2,3)7-6-12(16)10-5-4-9(13)8-11(10)14/h4-5,8H,6-7H2,1-3H3/q+1. The lowest BCUT2D eigenvalue weighted by Crippen LogP contribution is -2.36. The summed E-state index contributed by atoms with van der Waals surface area (Å²) in [7, 11) is 6.16. The molecule has 0 spiro atoms. The Morgan fingerprint density at radius 3 is 2.38 bits per heavy atom. The molecule has 0 aliphatic heterocycles. The van der Waals surface area contributed by atoms with E-state index in [1.54, 1.807) is 18.2 Å². The van der Waals surface area contributed by atoms with Crippen LogP contribution in [0.25, 0.3) is 0 Å². The van der Waals surface area contributed by atoms with E-state index in [0.29, 0.717) is 22.0 Å². The van der Waals surface area contributed by atoms with Crippen LogP contribution in [0, 0.1) is 0 Å². The van der Waals surface area contributed by atoms with Crippen LogP contribution in [0.5, 0.6) is 0 Å². The maximum Gasteiger partial charge on any atom is 0.169 e. The second-order valence-corrected chi connectivity index (χ2v) is 5.65. The van der Waals surface area contributed by atoms with Crippen molar-refractivity contribution in [1.29, 1.82) is 0 Å². The number of halogens is 2. The monoisotopic (exact) mass is 260 g/mol. The van der Waals surface area contributed by atoms with Crippen LogP contribution in [-0.2, 0) is 0 Å². The third-order valence-corrected chi connectivity index (χ3v) is 2.79. The van der Waals surface area contributed by atoms with E-state index in [2.05, 4.69) is 21.1 Å². The number of quaternary nitrogens is 1. The van der Waals surface area contributed by atoms with Gasteiger partial charge in [0.05, 0.1) is 39.1 Å². The largest absolute Gasteiger partial charge is 0.331 e. The highest BCUT2D eigenvalue weighted by atomic mass is 35.5. The Morgan fingerprint density at radius 2 is 1.88 bits per heavy atom. The van der Waals surface area contributed by atoms with Crippen molar-refractivity contribution < 1.29 is 9.28 Å². The van der Waals surface area contributed by atoms with E-state index >= 15 is 0 Å². The summed E-state index contributed by atoms with van der Waals surface area (Å²) in [5, 5.41) is 0.979. The molecule has 0 amide bonds. The van der Waals surface area contributed by atoms with Gasteiger partial charge in [0.15, 0.2) is 5.78 Å². The number of ketones is 1. The van der Waals surface area contributed by atoms with E-state index in [4.69, 9.17) is 23.2 Å². The summed E-state index contributed by atoms with van der Waals surface area (Å²) in [6, 6.07) is 4.97. The summed E-state index contributed by atoms with van der Waals surface area (Å²) in [5.41, 5.74) is 0.555. The second-order valence-electron chi connectivity index (χ2n) is 4.81. The predicted molar refractivity (Wildman–Crippen MR) is 68.3 cm³/mol. The highest BCUT2D eigenvalue weighted by Gasteiger charge is 2.15. The van der Waals surface area contributed by atoms with Crippen LogP contribution in [-0.4, -0.2) is 38.0 Å². The Balaban J connectivity index is 2.74. The molecule has 0 unspecified atom stereocenters. The summed E-state index contributed by atoms with van der Waals surface area (Å²) < 4.78 is 0.761. The van der Waals surface area contributed by atoms with E-state index in [9.17, 15) is 4.79 Å². The normalized spacial score (nSPS) is 11.6. The van der Waals surface area contributed by atoms with E-state index in [1.807, 2.05) is 0 Å². The summed E-state index contributed by atoms with van der Waals surface area (Å²) in [6.07, 6.45) is 0.491. The van der Waals surface area contributed by atoms with Crippen molar-refractivity contribution in [3.05, 3.63) is 33.8 Å². The zero-order valence-electron chi connectivity index (χ0n) is 9.76. The fourth-order valence-corrected chi connectivity index (χ4v) is 1.80. The van der Waals surface area contributed by atoms with Crippen molar-refractivity contribution in [3.8, 4) is 0 Å². The minimum Gasteiger partial charge on any atom is -0.331 e. The number of rotatable bonds is 4. The van der Waals surface area contributed by atoms with Crippen molar-refractivity contribution in [2.75, 3.05) is 27.7 Å². The minimum atomic E-state index is 0.0646. The van der Waals surface area contributed by atoms with Gasteiger partial charge < -0.3 is 4.48 Å². The average Bonchev–Trinajstić information content (AvgIpc) is 2.13. The van der Waals surface area contributed by atoms with Crippen molar-refractivity contribution in [2.45, 2.75) is 6.42 Å². The van der Waals surface area contributed by atoms with E-state index in [-0.39, 0.29) is 5.78 Å². The minimum absolute atomic E-state index is 0.0646. The molecule has 1 rings (SSSR count). The van der Waals surface area contributed by atoms with Crippen molar-refractivity contribution in [3.63, 3.8) is 0 Å². The Kier molecular flexibility index (Phi) is 4.36. The van der Waals surface area contributed by atoms with Crippen LogP contribution in [0.3, 0.4) is 0 Å². The fourth-order valence-electron chi connectivity index (χ4n) is 1.29. The molecule has 0 radical (unpaired) electrons. The lowest BCUT2D eigenvalue weighted by Gasteiger charge is -2.23. The third kappa shape index (κ3) is 4.12. The molecule has 88 valence electrons. The Morgan fingerprint density at radius 1 is 1.25 bits per heavy atom. The predicted octanol–water partition coefficient (Wildman–Crippen LogP) is 3.27. The Bertz CT molecular complexity index is 396. The van der Waals surface area contributed by atoms with Gasteiger partial charge in [0.25, 0.3) is 0 Å². The van der Waals surface area contributed by atoms with E-state index < -0.39 is 0 Å². The molecule has 16 heavy (non-hydrogen) atoms. The lowest BCUT2D eigenvalue weighted by molar-refractivity contribution is -0.869. The van der Waals surface area contributed by atoms with Gasteiger partial charge in [0, 0.05) is 10.6 Å². The van der Waals surface area contributed by atoms with Gasteiger partial charge in [-0.3, -0.25) is 4.79 Å². The first-order valence-corrected chi connectivity index (χ1v) is 5.84. The van der Waals surface area contributed by atoms with Crippen LogP contribution < -0.4 is 0 Å². The van der Waals surface area contributed by atoms with Gasteiger partial charge in [-0.25, -0.2) is 0 Å². The van der Waals surface area contributed by atoms with Gasteiger partial charge in [-0.15, -0.1) is 0 Å². The van der Waals surface area contributed by atoms with Crippen LogP contribution >= 0.6 is 23.2 Å².